The highest BCUT2D eigenvalue weighted by atomic mass is 35.5. The zero-order valence-corrected chi connectivity index (χ0v) is 17.8. The quantitative estimate of drug-likeness (QED) is 0.675. The molecule has 158 valence electrons. The Balaban J connectivity index is 0.00000218. The Morgan fingerprint density at radius 1 is 1.03 bits per heavy atom. The standard InChI is InChI=1S/C23H27N5O.ClH/c29-23(18-6-4-10-24-16-18)28-13-11-27(12-14-28)19-7-3-5-17(15-19)22-25-20-8-1-2-9-21(20)26-22;/h1-3,5,7-9,15,18,24H,4,6,10-14,16H2,(H,25,26);1H/t18-;/m1./s1. The first-order valence-corrected chi connectivity index (χ1v) is 10.6. The average Bonchev–Trinajstić information content (AvgIpc) is 3.24. The molecule has 0 unspecified atom stereocenters. The van der Waals surface area contributed by atoms with E-state index in [1.807, 2.05) is 24.3 Å². The van der Waals surface area contributed by atoms with Gasteiger partial charge in [-0.05, 0) is 43.7 Å². The number of carbonyl (C=O) groups is 1. The van der Waals surface area contributed by atoms with Crippen LogP contribution in [0.15, 0.2) is 48.5 Å². The van der Waals surface area contributed by atoms with Crippen LogP contribution in [0.4, 0.5) is 5.69 Å². The smallest absolute Gasteiger partial charge is 0.227 e. The van der Waals surface area contributed by atoms with Crippen LogP contribution in [0, 0.1) is 5.92 Å². The van der Waals surface area contributed by atoms with Crippen molar-refractivity contribution < 1.29 is 4.79 Å². The SMILES string of the molecule is Cl.O=C([C@@H]1CCCNC1)N1CCN(c2cccc(-c3nc4ccccc4[nH]3)c2)CC1. The fourth-order valence-electron chi connectivity index (χ4n) is 4.45. The van der Waals surface area contributed by atoms with Gasteiger partial charge in [-0.1, -0.05) is 24.3 Å². The van der Waals surface area contributed by atoms with E-state index in [1.54, 1.807) is 0 Å². The number of aromatic nitrogens is 2. The molecule has 5 rings (SSSR count). The van der Waals surface area contributed by atoms with Gasteiger partial charge in [0.15, 0.2) is 0 Å². The molecule has 0 radical (unpaired) electrons. The third-order valence-corrected chi connectivity index (χ3v) is 6.11. The Bertz CT molecular complexity index is 973. The molecule has 1 atom stereocenters. The molecule has 2 N–H and O–H groups in total. The number of carbonyl (C=O) groups excluding carboxylic acids is 1. The van der Waals surface area contributed by atoms with Crippen LogP contribution in [0.5, 0.6) is 0 Å². The van der Waals surface area contributed by atoms with Crippen molar-refractivity contribution >= 4 is 35.0 Å². The van der Waals surface area contributed by atoms with Crippen LogP contribution in [0.2, 0.25) is 0 Å². The maximum atomic E-state index is 12.8. The summed E-state index contributed by atoms with van der Waals surface area (Å²) in [5.41, 5.74) is 4.31. The molecule has 2 saturated heterocycles. The van der Waals surface area contributed by atoms with E-state index in [0.29, 0.717) is 5.91 Å². The maximum absolute atomic E-state index is 12.8. The first-order chi connectivity index (χ1) is 14.3. The lowest BCUT2D eigenvalue weighted by Crippen LogP contribution is -2.52. The van der Waals surface area contributed by atoms with Crippen LogP contribution in [-0.4, -0.2) is 60.0 Å². The Morgan fingerprint density at radius 2 is 1.87 bits per heavy atom. The van der Waals surface area contributed by atoms with Crippen molar-refractivity contribution in [3.8, 4) is 11.4 Å². The van der Waals surface area contributed by atoms with E-state index in [-0.39, 0.29) is 18.3 Å². The summed E-state index contributed by atoms with van der Waals surface area (Å²) in [6.07, 6.45) is 2.12. The molecular formula is C23H28ClN5O. The molecule has 2 aromatic carbocycles. The van der Waals surface area contributed by atoms with E-state index in [9.17, 15) is 4.79 Å². The molecule has 7 heteroatoms. The number of H-pyrrole nitrogens is 1. The molecule has 0 aliphatic carbocycles. The predicted molar refractivity (Wildman–Crippen MR) is 123 cm³/mol. The molecular weight excluding hydrogens is 398 g/mol. The van der Waals surface area contributed by atoms with Crippen LogP contribution in [0.1, 0.15) is 12.8 Å². The number of imidazole rings is 1. The zero-order chi connectivity index (χ0) is 19.6. The number of piperazine rings is 1. The van der Waals surface area contributed by atoms with Crippen molar-refractivity contribution in [1.29, 1.82) is 0 Å². The van der Waals surface area contributed by atoms with Gasteiger partial charge in [0.25, 0.3) is 0 Å². The lowest BCUT2D eigenvalue weighted by atomic mass is 9.98. The maximum Gasteiger partial charge on any atom is 0.227 e. The number of halogens is 1. The fraction of sp³-hybridized carbons (Fsp3) is 0.391. The van der Waals surface area contributed by atoms with Gasteiger partial charge in [0, 0.05) is 44.0 Å². The number of piperidine rings is 1. The zero-order valence-electron chi connectivity index (χ0n) is 17.0. The number of rotatable bonds is 3. The monoisotopic (exact) mass is 425 g/mol. The van der Waals surface area contributed by atoms with Gasteiger partial charge in [-0.15, -0.1) is 12.4 Å². The summed E-state index contributed by atoms with van der Waals surface area (Å²) in [6, 6.07) is 16.6. The second-order valence-corrected chi connectivity index (χ2v) is 8.01. The second kappa shape index (κ2) is 9.06. The number of hydrogen-bond donors (Lipinski definition) is 2. The van der Waals surface area contributed by atoms with E-state index in [4.69, 9.17) is 4.98 Å². The molecule has 3 aromatic rings. The summed E-state index contributed by atoms with van der Waals surface area (Å²) in [7, 11) is 0. The van der Waals surface area contributed by atoms with Crippen LogP contribution in [-0.2, 0) is 4.79 Å². The Morgan fingerprint density at radius 3 is 2.63 bits per heavy atom. The van der Waals surface area contributed by atoms with Crippen molar-refractivity contribution in [2.24, 2.45) is 5.92 Å². The number of amides is 1. The van der Waals surface area contributed by atoms with E-state index >= 15 is 0 Å². The highest BCUT2D eigenvalue weighted by Gasteiger charge is 2.28. The van der Waals surface area contributed by atoms with Crippen molar-refractivity contribution in [2.45, 2.75) is 12.8 Å². The molecule has 30 heavy (non-hydrogen) atoms. The third-order valence-electron chi connectivity index (χ3n) is 6.11. The predicted octanol–water partition coefficient (Wildman–Crippen LogP) is 3.30. The third kappa shape index (κ3) is 4.16. The van der Waals surface area contributed by atoms with Crippen LogP contribution in [0.3, 0.4) is 0 Å². The van der Waals surface area contributed by atoms with E-state index in [0.717, 1.165) is 74.5 Å². The summed E-state index contributed by atoms with van der Waals surface area (Å²) in [4.78, 5) is 25.3. The highest BCUT2D eigenvalue weighted by Crippen LogP contribution is 2.26. The first kappa shape index (κ1) is 20.7. The number of anilines is 1. The van der Waals surface area contributed by atoms with Gasteiger partial charge in [0.2, 0.25) is 5.91 Å². The molecule has 0 bridgehead atoms. The van der Waals surface area contributed by atoms with Gasteiger partial charge in [-0.25, -0.2) is 4.98 Å². The van der Waals surface area contributed by atoms with Crippen molar-refractivity contribution in [2.75, 3.05) is 44.2 Å². The van der Waals surface area contributed by atoms with Gasteiger partial charge in [-0.3, -0.25) is 4.79 Å². The van der Waals surface area contributed by atoms with E-state index in [1.165, 1.54) is 5.69 Å². The van der Waals surface area contributed by atoms with Gasteiger partial charge < -0.3 is 20.1 Å². The topological polar surface area (TPSA) is 64.3 Å². The van der Waals surface area contributed by atoms with Gasteiger partial charge >= 0.3 is 0 Å². The molecule has 0 saturated carbocycles. The minimum absolute atomic E-state index is 0. The molecule has 3 heterocycles. The van der Waals surface area contributed by atoms with Crippen LogP contribution < -0.4 is 10.2 Å². The fourth-order valence-corrected chi connectivity index (χ4v) is 4.45. The van der Waals surface area contributed by atoms with Crippen molar-refractivity contribution in [3.63, 3.8) is 0 Å². The molecule has 6 nitrogen and oxygen atoms in total. The minimum atomic E-state index is 0. The first-order valence-electron chi connectivity index (χ1n) is 10.6. The average molecular weight is 426 g/mol. The van der Waals surface area contributed by atoms with Gasteiger partial charge in [-0.2, -0.15) is 0 Å². The summed E-state index contributed by atoms with van der Waals surface area (Å²) >= 11 is 0. The van der Waals surface area contributed by atoms with Crippen LogP contribution >= 0.6 is 12.4 Å². The van der Waals surface area contributed by atoms with Gasteiger partial charge in [0.05, 0.1) is 17.0 Å². The number of nitrogens with zero attached hydrogens (tertiary/aromatic N) is 3. The highest BCUT2D eigenvalue weighted by molar-refractivity contribution is 5.85. The molecule has 1 aromatic heterocycles. The van der Waals surface area contributed by atoms with E-state index in [2.05, 4.69) is 44.4 Å². The molecule has 2 fully saturated rings. The Kier molecular flexibility index (Phi) is 6.25. The molecule has 0 spiro atoms. The number of hydrogen-bond acceptors (Lipinski definition) is 4. The lowest BCUT2D eigenvalue weighted by Gasteiger charge is -2.38. The number of nitrogens with one attached hydrogen (secondary N) is 2. The normalized spacial score (nSPS) is 19.5. The minimum Gasteiger partial charge on any atom is -0.368 e. The largest absolute Gasteiger partial charge is 0.368 e. The summed E-state index contributed by atoms with van der Waals surface area (Å²) in [5.74, 6) is 1.38. The Labute approximate surface area is 183 Å². The number of fused-ring (bicyclic) bond motifs is 1. The summed E-state index contributed by atoms with van der Waals surface area (Å²) < 4.78 is 0. The molecule has 1 amide bonds. The van der Waals surface area contributed by atoms with E-state index < -0.39 is 0 Å². The Hall–Kier alpha value is -2.57. The van der Waals surface area contributed by atoms with Gasteiger partial charge in [0.1, 0.15) is 5.82 Å². The van der Waals surface area contributed by atoms with Crippen molar-refractivity contribution in [3.05, 3.63) is 48.5 Å². The van der Waals surface area contributed by atoms with Crippen LogP contribution in [0.25, 0.3) is 22.4 Å². The number of benzene rings is 2. The molecule has 2 aliphatic rings. The lowest BCUT2D eigenvalue weighted by molar-refractivity contribution is -0.136. The number of para-hydroxylation sites is 2. The second-order valence-electron chi connectivity index (χ2n) is 8.01. The number of aromatic amines is 1. The summed E-state index contributed by atoms with van der Waals surface area (Å²) in [5, 5.41) is 3.35. The molecule has 2 aliphatic heterocycles. The summed E-state index contributed by atoms with van der Waals surface area (Å²) in [6.45, 7) is 5.21. The van der Waals surface area contributed by atoms with Crippen molar-refractivity contribution in [1.82, 2.24) is 20.2 Å².